The molecule has 0 aromatic carbocycles. The van der Waals surface area contributed by atoms with Gasteiger partial charge in [0.05, 0.1) is 6.04 Å². The van der Waals surface area contributed by atoms with Crippen molar-refractivity contribution in [3.8, 4) is 0 Å². The van der Waals surface area contributed by atoms with Crippen molar-refractivity contribution in [1.82, 2.24) is 9.80 Å². The zero-order chi connectivity index (χ0) is 13.1. The summed E-state index contributed by atoms with van der Waals surface area (Å²) >= 11 is 1.98. The molecule has 1 rings (SSSR count). The summed E-state index contributed by atoms with van der Waals surface area (Å²) in [5, 5.41) is 0. The number of rotatable bonds is 2. The van der Waals surface area contributed by atoms with Crippen molar-refractivity contribution in [3.63, 3.8) is 0 Å². The first-order valence-electron chi connectivity index (χ1n) is 6.36. The van der Waals surface area contributed by atoms with Gasteiger partial charge in [0.1, 0.15) is 0 Å². The monoisotopic (exact) mass is 258 g/mol. The molecule has 1 saturated heterocycles. The second-order valence-corrected chi connectivity index (χ2v) is 7.24. The van der Waals surface area contributed by atoms with Gasteiger partial charge in [0.15, 0.2) is 0 Å². The fraction of sp³-hybridized carbons (Fsp3) is 0.923. The average Bonchev–Trinajstić information content (AvgIpc) is 2.40. The van der Waals surface area contributed by atoms with E-state index in [2.05, 4.69) is 23.9 Å². The molecule has 1 fully saturated rings. The fourth-order valence-corrected chi connectivity index (χ4v) is 3.16. The minimum atomic E-state index is -0.264. The zero-order valence-corrected chi connectivity index (χ0v) is 12.6. The lowest BCUT2D eigenvalue weighted by Gasteiger charge is -2.36. The van der Waals surface area contributed by atoms with E-state index >= 15 is 0 Å². The summed E-state index contributed by atoms with van der Waals surface area (Å²) in [4.78, 5) is 16.8. The van der Waals surface area contributed by atoms with Gasteiger partial charge >= 0.3 is 0 Å². The second kappa shape index (κ2) is 6.10. The van der Waals surface area contributed by atoms with Gasteiger partial charge in [0.25, 0.3) is 0 Å². The molecule has 0 unspecified atom stereocenters. The Balaban J connectivity index is 2.78. The third-order valence-electron chi connectivity index (χ3n) is 2.92. The van der Waals surface area contributed by atoms with Crippen LogP contribution in [0.15, 0.2) is 0 Å². The Morgan fingerprint density at radius 2 is 2.06 bits per heavy atom. The van der Waals surface area contributed by atoms with Crippen molar-refractivity contribution in [1.29, 1.82) is 0 Å². The molecule has 1 atom stereocenters. The molecule has 1 aliphatic rings. The Morgan fingerprint density at radius 3 is 2.59 bits per heavy atom. The number of amides is 1. The zero-order valence-electron chi connectivity index (χ0n) is 11.8. The molecule has 0 aromatic rings. The van der Waals surface area contributed by atoms with Crippen molar-refractivity contribution in [3.05, 3.63) is 0 Å². The number of likely N-dealkylation sites (N-methyl/N-ethyl adjacent to an activating group) is 1. The molecule has 17 heavy (non-hydrogen) atoms. The van der Waals surface area contributed by atoms with Crippen LogP contribution in [0.4, 0.5) is 0 Å². The van der Waals surface area contributed by atoms with Gasteiger partial charge in [-0.1, -0.05) is 20.8 Å². The van der Waals surface area contributed by atoms with Crippen molar-refractivity contribution in [2.75, 3.05) is 38.7 Å². The summed E-state index contributed by atoms with van der Waals surface area (Å²) in [7, 11) is 4.16. The summed E-state index contributed by atoms with van der Waals surface area (Å²) < 4.78 is 0. The molecule has 4 heteroatoms. The van der Waals surface area contributed by atoms with E-state index in [-0.39, 0.29) is 5.41 Å². The predicted octanol–water partition coefficient (Wildman–Crippen LogP) is 1.93. The highest BCUT2D eigenvalue weighted by Crippen LogP contribution is 2.24. The number of carbonyl (C=O) groups is 1. The van der Waals surface area contributed by atoms with Gasteiger partial charge in [0, 0.05) is 24.3 Å². The number of carbonyl (C=O) groups excluding carboxylic acids is 1. The van der Waals surface area contributed by atoms with Gasteiger partial charge in [-0.05, 0) is 26.3 Å². The normalized spacial score (nSPS) is 22.7. The van der Waals surface area contributed by atoms with E-state index in [9.17, 15) is 4.79 Å². The maximum Gasteiger partial charge on any atom is 0.228 e. The molecule has 0 N–H and O–H groups in total. The summed E-state index contributed by atoms with van der Waals surface area (Å²) in [5.41, 5.74) is -0.264. The molecule has 0 aromatic heterocycles. The molecule has 0 spiro atoms. The van der Waals surface area contributed by atoms with Gasteiger partial charge in [0.2, 0.25) is 5.91 Å². The molecule has 1 aliphatic heterocycles. The first-order chi connectivity index (χ1) is 7.82. The van der Waals surface area contributed by atoms with Crippen LogP contribution < -0.4 is 0 Å². The van der Waals surface area contributed by atoms with Crippen LogP contribution >= 0.6 is 11.8 Å². The number of nitrogens with zero attached hydrogens (tertiary/aromatic N) is 2. The van der Waals surface area contributed by atoms with E-state index in [4.69, 9.17) is 0 Å². The summed E-state index contributed by atoms with van der Waals surface area (Å²) in [6, 6.07) is 0.365. The van der Waals surface area contributed by atoms with Gasteiger partial charge in [-0.15, -0.1) is 0 Å². The highest BCUT2D eigenvalue weighted by atomic mass is 32.2. The third-order valence-corrected chi connectivity index (χ3v) is 4.11. The maximum absolute atomic E-state index is 12.5. The van der Waals surface area contributed by atoms with E-state index in [0.717, 1.165) is 25.3 Å². The molecule has 0 bridgehead atoms. The van der Waals surface area contributed by atoms with Crippen molar-refractivity contribution in [2.45, 2.75) is 33.2 Å². The quantitative estimate of drug-likeness (QED) is 0.756. The topological polar surface area (TPSA) is 23.6 Å². The van der Waals surface area contributed by atoms with Crippen molar-refractivity contribution < 1.29 is 4.79 Å². The minimum Gasteiger partial charge on any atom is -0.337 e. The number of thioether (sulfide) groups is 1. The van der Waals surface area contributed by atoms with E-state index in [1.807, 2.05) is 32.5 Å². The number of hydrogen-bond donors (Lipinski definition) is 0. The van der Waals surface area contributed by atoms with Crippen molar-refractivity contribution in [2.24, 2.45) is 5.41 Å². The van der Waals surface area contributed by atoms with E-state index in [0.29, 0.717) is 11.9 Å². The summed E-state index contributed by atoms with van der Waals surface area (Å²) in [6.45, 7) is 7.93. The second-order valence-electron chi connectivity index (χ2n) is 6.09. The Bertz CT molecular complexity index is 261. The third kappa shape index (κ3) is 4.51. The summed E-state index contributed by atoms with van der Waals surface area (Å²) in [6.07, 6.45) is 1.12. The Kier molecular flexibility index (Phi) is 5.32. The molecule has 1 heterocycles. The van der Waals surface area contributed by atoms with E-state index in [1.54, 1.807) is 0 Å². The molecule has 0 aliphatic carbocycles. The van der Waals surface area contributed by atoms with E-state index in [1.165, 1.54) is 5.75 Å². The standard InChI is InChI=1S/C13H26N2OS/c1-13(2,3)12(16)15-7-6-8-17-10-11(15)9-14(4)5/h11H,6-10H2,1-5H3/t11-/m1/s1. The Hall–Kier alpha value is -0.220. The van der Waals surface area contributed by atoms with Crippen LogP contribution in [-0.2, 0) is 4.79 Å². The lowest BCUT2D eigenvalue weighted by Crippen LogP contribution is -2.50. The van der Waals surface area contributed by atoms with Crippen molar-refractivity contribution >= 4 is 17.7 Å². The summed E-state index contributed by atoms with van der Waals surface area (Å²) in [5.74, 6) is 2.55. The van der Waals surface area contributed by atoms with Crippen LogP contribution in [0.25, 0.3) is 0 Å². The van der Waals surface area contributed by atoms with Crippen LogP contribution in [0.3, 0.4) is 0 Å². The molecule has 1 amide bonds. The van der Waals surface area contributed by atoms with Crippen LogP contribution in [0.2, 0.25) is 0 Å². The Morgan fingerprint density at radius 1 is 1.41 bits per heavy atom. The highest BCUT2D eigenvalue weighted by molar-refractivity contribution is 7.99. The molecule has 3 nitrogen and oxygen atoms in total. The molecular weight excluding hydrogens is 232 g/mol. The van der Waals surface area contributed by atoms with Gasteiger partial charge in [-0.25, -0.2) is 0 Å². The van der Waals surface area contributed by atoms with E-state index < -0.39 is 0 Å². The largest absolute Gasteiger partial charge is 0.337 e. The first-order valence-corrected chi connectivity index (χ1v) is 7.51. The van der Waals surface area contributed by atoms with Crippen LogP contribution in [0, 0.1) is 5.41 Å². The highest BCUT2D eigenvalue weighted by Gasteiger charge is 2.32. The fourth-order valence-electron chi connectivity index (χ4n) is 2.10. The van der Waals surface area contributed by atoms with Crippen LogP contribution in [-0.4, -0.2) is 60.4 Å². The predicted molar refractivity (Wildman–Crippen MR) is 75.5 cm³/mol. The number of hydrogen-bond acceptors (Lipinski definition) is 3. The van der Waals surface area contributed by atoms with Crippen LogP contribution in [0.1, 0.15) is 27.2 Å². The van der Waals surface area contributed by atoms with Crippen LogP contribution in [0.5, 0.6) is 0 Å². The maximum atomic E-state index is 12.5. The average molecular weight is 258 g/mol. The lowest BCUT2D eigenvalue weighted by atomic mass is 9.94. The van der Waals surface area contributed by atoms with Gasteiger partial charge in [-0.3, -0.25) is 4.79 Å². The minimum absolute atomic E-state index is 0.264. The molecule has 0 radical (unpaired) electrons. The van der Waals surface area contributed by atoms with Gasteiger partial charge in [-0.2, -0.15) is 11.8 Å². The molecule has 0 saturated carbocycles. The first kappa shape index (κ1) is 14.8. The lowest BCUT2D eigenvalue weighted by molar-refractivity contribution is -0.141. The SMILES string of the molecule is CN(C)C[C@@H]1CSCCCN1C(=O)C(C)(C)C. The molecular formula is C13H26N2OS. The smallest absolute Gasteiger partial charge is 0.228 e. The Labute approximate surface area is 110 Å². The van der Waals surface area contributed by atoms with Gasteiger partial charge < -0.3 is 9.80 Å². The molecule has 100 valence electrons.